The molecule has 0 unspecified atom stereocenters. The maximum absolute atomic E-state index is 13.1. The van der Waals surface area contributed by atoms with E-state index >= 15 is 0 Å². The number of nitrogens with zero attached hydrogens (tertiary/aromatic N) is 3. The highest BCUT2D eigenvalue weighted by Crippen LogP contribution is 2.27. The van der Waals surface area contributed by atoms with Crippen LogP contribution in [0.1, 0.15) is 12.8 Å². The minimum absolute atomic E-state index is 0.144. The summed E-state index contributed by atoms with van der Waals surface area (Å²) in [5.74, 6) is 1.08. The largest absolute Gasteiger partial charge is 0.508 e. The summed E-state index contributed by atoms with van der Waals surface area (Å²) in [7, 11) is -3.61. The monoisotopic (exact) mass is 478 g/mol. The summed E-state index contributed by atoms with van der Waals surface area (Å²) in [5, 5.41) is 22.6. The second-order valence-corrected chi connectivity index (χ2v) is 10.3. The molecule has 1 aromatic heterocycles. The molecule has 0 aliphatic carbocycles. The van der Waals surface area contributed by atoms with Crippen molar-refractivity contribution in [1.29, 1.82) is 0 Å². The van der Waals surface area contributed by atoms with Crippen LogP contribution in [0.2, 0.25) is 0 Å². The fourth-order valence-corrected chi connectivity index (χ4v) is 5.95. The van der Waals surface area contributed by atoms with Crippen molar-refractivity contribution < 1.29 is 23.4 Å². The van der Waals surface area contributed by atoms with Crippen LogP contribution in [-0.4, -0.2) is 70.6 Å². The van der Waals surface area contributed by atoms with Crippen molar-refractivity contribution in [1.82, 2.24) is 18.4 Å². The molecule has 0 bridgehead atoms. The number of piperidine rings is 1. The van der Waals surface area contributed by atoms with Gasteiger partial charge in [0, 0.05) is 19.6 Å². The summed E-state index contributed by atoms with van der Waals surface area (Å²) in [6.45, 7) is 2.14. The summed E-state index contributed by atoms with van der Waals surface area (Å²) in [5.41, 5.74) is 1.04. The first-order valence-electron chi connectivity index (χ1n) is 10.5. The highest BCUT2D eigenvalue weighted by molar-refractivity contribution is 7.89. The van der Waals surface area contributed by atoms with Crippen molar-refractivity contribution in [2.24, 2.45) is 5.92 Å². The number of benzene rings is 2. The van der Waals surface area contributed by atoms with E-state index in [1.807, 2.05) is 0 Å². The Morgan fingerprint density at radius 2 is 1.91 bits per heavy atom. The number of aliphatic hydroxyl groups is 1. The minimum Gasteiger partial charge on any atom is -0.508 e. The summed E-state index contributed by atoms with van der Waals surface area (Å²) in [4.78, 5) is 0.220. The van der Waals surface area contributed by atoms with Crippen LogP contribution in [-0.2, 0) is 10.0 Å². The van der Waals surface area contributed by atoms with Crippen LogP contribution >= 0.6 is 11.7 Å². The van der Waals surface area contributed by atoms with Gasteiger partial charge in [-0.1, -0.05) is 6.07 Å². The number of nitrogens with one attached hydrogen (secondary N) is 1. The number of sulfonamides is 1. The van der Waals surface area contributed by atoms with Gasteiger partial charge in [0.25, 0.3) is 0 Å². The quantitative estimate of drug-likeness (QED) is 0.425. The van der Waals surface area contributed by atoms with Gasteiger partial charge in [-0.25, -0.2) is 8.42 Å². The van der Waals surface area contributed by atoms with Gasteiger partial charge in [0.1, 0.15) is 40.1 Å². The molecule has 172 valence electrons. The maximum Gasteiger partial charge on any atom is 0.245 e. The molecule has 11 heteroatoms. The number of hydrogen-bond acceptors (Lipinski definition) is 9. The van der Waals surface area contributed by atoms with Crippen molar-refractivity contribution >= 4 is 32.8 Å². The van der Waals surface area contributed by atoms with Crippen LogP contribution in [0.3, 0.4) is 0 Å². The lowest BCUT2D eigenvalue weighted by molar-refractivity contribution is 0.104. The molecule has 4 rings (SSSR count). The first-order valence-corrected chi connectivity index (χ1v) is 12.6. The van der Waals surface area contributed by atoms with Gasteiger partial charge in [-0.3, -0.25) is 0 Å². The zero-order valence-corrected chi connectivity index (χ0v) is 19.1. The number of ether oxygens (including phenoxy) is 1. The fourth-order valence-electron chi connectivity index (χ4n) is 3.73. The molecule has 0 saturated carbocycles. The second kappa shape index (κ2) is 10.1. The van der Waals surface area contributed by atoms with Gasteiger partial charge in [-0.15, -0.1) is 0 Å². The number of aromatic hydroxyl groups is 1. The molecule has 2 aromatic carbocycles. The zero-order chi connectivity index (χ0) is 22.6. The van der Waals surface area contributed by atoms with E-state index in [2.05, 4.69) is 14.1 Å². The number of aromatic nitrogens is 2. The van der Waals surface area contributed by atoms with E-state index in [0.29, 0.717) is 48.9 Å². The Balaban J connectivity index is 1.21. The minimum atomic E-state index is -3.61. The topological polar surface area (TPSA) is 125 Å². The average molecular weight is 479 g/mol. The van der Waals surface area contributed by atoms with Crippen molar-refractivity contribution in [2.75, 3.05) is 32.8 Å². The highest BCUT2D eigenvalue weighted by Gasteiger charge is 2.31. The molecule has 3 N–H and O–H groups in total. The molecule has 1 aliphatic rings. The molecule has 3 aromatic rings. The molecule has 0 amide bonds. The van der Waals surface area contributed by atoms with E-state index in [9.17, 15) is 18.6 Å². The normalized spacial score (nSPS) is 16.9. The molecule has 1 atom stereocenters. The van der Waals surface area contributed by atoms with Gasteiger partial charge in [-0.05, 0) is 61.7 Å². The van der Waals surface area contributed by atoms with Crippen molar-refractivity contribution in [3.63, 3.8) is 0 Å². The molecule has 32 heavy (non-hydrogen) atoms. The Kier molecular flexibility index (Phi) is 7.21. The van der Waals surface area contributed by atoms with Crippen LogP contribution in [0.5, 0.6) is 11.5 Å². The van der Waals surface area contributed by atoms with E-state index in [4.69, 9.17) is 4.74 Å². The SMILES string of the molecule is O=S(=O)(c1cccc2nsnc12)N1CCC(CNC[C@@H](O)COc2ccc(O)cc2)CC1. The molecular weight excluding hydrogens is 452 g/mol. The van der Waals surface area contributed by atoms with E-state index < -0.39 is 16.1 Å². The fraction of sp³-hybridized carbons (Fsp3) is 0.429. The summed E-state index contributed by atoms with van der Waals surface area (Å²) in [6.07, 6.45) is 0.825. The maximum atomic E-state index is 13.1. The van der Waals surface area contributed by atoms with Crippen molar-refractivity contribution in [2.45, 2.75) is 23.8 Å². The van der Waals surface area contributed by atoms with E-state index in [0.717, 1.165) is 24.6 Å². The lowest BCUT2D eigenvalue weighted by Crippen LogP contribution is -2.42. The summed E-state index contributed by atoms with van der Waals surface area (Å²) >= 11 is 1.01. The number of aliphatic hydroxyl groups excluding tert-OH is 1. The standard InChI is InChI=1S/C21H26N4O5S2/c26-16-4-6-18(7-5-16)30-14-17(27)13-22-12-15-8-10-25(11-9-15)32(28,29)20-3-1-2-19-21(20)24-31-23-19/h1-7,15,17,22,26-27H,8-14H2/t17-/m1/s1. The predicted octanol–water partition coefficient (Wildman–Crippen LogP) is 1.83. The lowest BCUT2D eigenvalue weighted by atomic mass is 9.98. The van der Waals surface area contributed by atoms with Crippen molar-refractivity contribution in [3.8, 4) is 11.5 Å². The highest BCUT2D eigenvalue weighted by atomic mass is 32.2. The zero-order valence-electron chi connectivity index (χ0n) is 17.4. The Bertz CT molecular complexity index is 1130. The molecule has 1 fully saturated rings. The molecule has 1 saturated heterocycles. The molecule has 9 nitrogen and oxygen atoms in total. The summed E-state index contributed by atoms with van der Waals surface area (Å²) in [6, 6.07) is 11.4. The molecule has 1 aliphatic heterocycles. The van der Waals surface area contributed by atoms with Gasteiger partial charge in [-0.2, -0.15) is 13.1 Å². The van der Waals surface area contributed by atoms with Gasteiger partial charge in [0.05, 0.1) is 11.7 Å². The van der Waals surface area contributed by atoms with E-state index in [1.165, 1.54) is 16.4 Å². The van der Waals surface area contributed by atoms with Gasteiger partial charge in [0.15, 0.2) is 0 Å². The van der Waals surface area contributed by atoms with E-state index in [-0.39, 0.29) is 17.3 Å². The Morgan fingerprint density at radius 3 is 2.66 bits per heavy atom. The second-order valence-electron chi connectivity index (χ2n) is 7.85. The molecule has 0 spiro atoms. The Morgan fingerprint density at radius 1 is 1.16 bits per heavy atom. The number of fused-ring (bicyclic) bond motifs is 1. The average Bonchev–Trinajstić information content (AvgIpc) is 3.28. The molecule has 2 heterocycles. The number of hydrogen-bond donors (Lipinski definition) is 3. The Labute approximate surface area is 191 Å². The van der Waals surface area contributed by atoms with Gasteiger partial charge >= 0.3 is 0 Å². The van der Waals surface area contributed by atoms with Crippen LogP contribution < -0.4 is 10.1 Å². The van der Waals surface area contributed by atoms with Crippen LogP contribution in [0.25, 0.3) is 11.0 Å². The van der Waals surface area contributed by atoms with Crippen LogP contribution in [0.4, 0.5) is 0 Å². The van der Waals surface area contributed by atoms with Crippen LogP contribution in [0.15, 0.2) is 47.4 Å². The van der Waals surface area contributed by atoms with Crippen LogP contribution in [0, 0.1) is 5.92 Å². The van der Waals surface area contributed by atoms with Crippen molar-refractivity contribution in [3.05, 3.63) is 42.5 Å². The van der Waals surface area contributed by atoms with E-state index in [1.54, 1.807) is 30.3 Å². The first kappa shape index (κ1) is 22.9. The van der Waals surface area contributed by atoms with Gasteiger partial charge < -0.3 is 20.3 Å². The Hall–Kier alpha value is -2.31. The number of phenols is 1. The third-order valence-corrected chi connectivity index (χ3v) is 8.01. The number of rotatable bonds is 9. The lowest BCUT2D eigenvalue weighted by Gasteiger charge is -2.31. The molecular formula is C21H26N4O5S2. The van der Waals surface area contributed by atoms with Gasteiger partial charge in [0.2, 0.25) is 10.0 Å². The summed E-state index contributed by atoms with van der Waals surface area (Å²) < 4.78 is 41.5. The third-order valence-electron chi connectivity index (χ3n) is 5.53. The number of phenolic OH excluding ortho intramolecular Hbond substituents is 1. The molecule has 0 radical (unpaired) electrons. The third kappa shape index (κ3) is 5.36. The smallest absolute Gasteiger partial charge is 0.245 e. The predicted molar refractivity (Wildman–Crippen MR) is 121 cm³/mol. The first-order chi connectivity index (χ1) is 15.4.